The Hall–Kier alpha value is -0.820. The number of sulfonamides is 1. The molecule has 0 saturated heterocycles. The standard InChI is InChI=1S/C12H26N2O4S.2H2/c1-6-7-8-10(9-13-19(5,16)17)14-11(15)18-12(2,3)4;;/h10,13H,6-9H2,1-5H3,(H,14,15);2*1H/t10-;;/m1../s1. The van der Waals surface area contributed by atoms with Crippen LogP contribution in [0.4, 0.5) is 4.79 Å². The van der Waals surface area contributed by atoms with Gasteiger partial charge in [0.15, 0.2) is 0 Å². The molecule has 118 valence electrons. The lowest BCUT2D eigenvalue weighted by Crippen LogP contribution is -2.45. The summed E-state index contributed by atoms with van der Waals surface area (Å²) < 4.78 is 29.7. The Morgan fingerprint density at radius 1 is 1.37 bits per heavy atom. The van der Waals surface area contributed by atoms with Crippen LogP contribution < -0.4 is 10.0 Å². The third-order valence-corrected chi connectivity index (χ3v) is 2.91. The van der Waals surface area contributed by atoms with E-state index in [9.17, 15) is 13.2 Å². The van der Waals surface area contributed by atoms with E-state index in [1.807, 2.05) is 6.92 Å². The minimum absolute atomic E-state index is 0. The number of carbonyl (C=O) groups excluding carboxylic acids is 1. The van der Waals surface area contributed by atoms with Gasteiger partial charge < -0.3 is 10.1 Å². The highest BCUT2D eigenvalue weighted by molar-refractivity contribution is 7.88. The quantitative estimate of drug-likeness (QED) is 0.754. The fourth-order valence-electron chi connectivity index (χ4n) is 1.40. The summed E-state index contributed by atoms with van der Waals surface area (Å²) in [5.74, 6) is 0. The molecule has 0 aliphatic heterocycles. The lowest BCUT2D eigenvalue weighted by atomic mass is 10.1. The maximum absolute atomic E-state index is 11.6. The molecule has 0 aromatic carbocycles. The van der Waals surface area contributed by atoms with Gasteiger partial charge in [-0.2, -0.15) is 0 Å². The van der Waals surface area contributed by atoms with Crippen LogP contribution in [0.5, 0.6) is 0 Å². The zero-order chi connectivity index (χ0) is 15.1. The zero-order valence-corrected chi connectivity index (χ0v) is 13.3. The molecule has 2 N–H and O–H groups in total. The van der Waals surface area contributed by atoms with Gasteiger partial charge in [-0.3, -0.25) is 0 Å². The molecule has 0 fully saturated rings. The molecule has 0 aliphatic rings. The molecule has 0 heterocycles. The van der Waals surface area contributed by atoms with Crippen LogP contribution in [0.15, 0.2) is 0 Å². The first kappa shape index (κ1) is 18.2. The largest absolute Gasteiger partial charge is 0.444 e. The summed E-state index contributed by atoms with van der Waals surface area (Å²) in [6.07, 6.45) is 3.16. The van der Waals surface area contributed by atoms with Crippen LogP contribution in [0.2, 0.25) is 0 Å². The van der Waals surface area contributed by atoms with Gasteiger partial charge in [-0.15, -0.1) is 0 Å². The van der Waals surface area contributed by atoms with Crippen LogP contribution in [0.25, 0.3) is 0 Å². The molecule has 7 heteroatoms. The number of nitrogens with one attached hydrogen (secondary N) is 2. The molecule has 6 nitrogen and oxygen atoms in total. The van der Waals surface area contributed by atoms with Crippen molar-refractivity contribution in [2.75, 3.05) is 12.8 Å². The first-order chi connectivity index (χ1) is 8.53. The van der Waals surface area contributed by atoms with Crippen molar-refractivity contribution >= 4 is 16.1 Å². The van der Waals surface area contributed by atoms with E-state index in [1.54, 1.807) is 20.8 Å². The molecule has 0 saturated carbocycles. The van der Waals surface area contributed by atoms with E-state index in [0.717, 1.165) is 19.1 Å². The number of hydrogen-bond donors (Lipinski definition) is 2. The Labute approximate surface area is 119 Å². The van der Waals surface area contributed by atoms with E-state index >= 15 is 0 Å². The number of carbonyl (C=O) groups is 1. The van der Waals surface area contributed by atoms with Crippen molar-refractivity contribution in [2.24, 2.45) is 0 Å². The minimum atomic E-state index is -3.26. The van der Waals surface area contributed by atoms with Gasteiger partial charge in [0.05, 0.1) is 6.26 Å². The number of alkyl carbamates (subject to hydrolysis) is 1. The van der Waals surface area contributed by atoms with Crippen LogP contribution in [0.3, 0.4) is 0 Å². The molecule has 0 unspecified atom stereocenters. The van der Waals surface area contributed by atoms with E-state index in [-0.39, 0.29) is 15.4 Å². The fourth-order valence-corrected chi connectivity index (χ4v) is 1.91. The first-order valence-electron chi connectivity index (χ1n) is 6.47. The molecule has 1 amide bonds. The van der Waals surface area contributed by atoms with Crippen LogP contribution >= 0.6 is 0 Å². The van der Waals surface area contributed by atoms with E-state index in [0.29, 0.717) is 6.42 Å². The summed E-state index contributed by atoms with van der Waals surface area (Å²) in [6.45, 7) is 7.56. The molecule has 1 atom stereocenters. The van der Waals surface area contributed by atoms with Gasteiger partial charge in [0.25, 0.3) is 0 Å². The van der Waals surface area contributed by atoms with Crippen LogP contribution in [-0.4, -0.2) is 39.0 Å². The molecule has 0 rings (SSSR count). The summed E-state index contributed by atoms with van der Waals surface area (Å²) in [4.78, 5) is 11.6. The molecule has 0 aromatic rings. The normalized spacial score (nSPS) is 13.9. The number of rotatable bonds is 7. The van der Waals surface area contributed by atoms with Crippen molar-refractivity contribution in [1.29, 1.82) is 0 Å². The van der Waals surface area contributed by atoms with Crippen molar-refractivity contribution in [3.8, 4) is 0 Å². The fraction of sp³-hybridized carbons (Fsp3) is 0.917. The van der Waals surface area contributed by atoms with Gasteiger partial charge in [-0.25, -0.2) is 17.9 Å². The second kappa shape index (κ2) is 7.69. The van der Waals surface area contributed by atoms with E-state index in [4.69, 9.17) is 4.74 Å². The summed E-state index contributed by atoms with van der Waals surface area (Å²) >= 11 is 0. The van der Waals surface area contributed by atoms with Crippen LogP contribution in [-0.2, 0) is 14.8 Å². The summed E-state index contributed by atoms with van der Waals surface area (Å²) in [5.41, 5.74) is -0.566. The third kappa shape index (κ3) is 12.0. The smallest absolute Gasteiger partial charge is 0.407 e. The molecule has 0 bridgehead atoms. The molecule has 0 spiro atoms. The van der Waals surface area contributed by atoms with Gasteiger partial charge in [0.1, 0.15) is 5.60 Å². The zero-order valence-electron chi connectivity index (χ0n) is 12.4. The van der Waals surface area contributed by atoms with E-state index in [2.05, 4.69) is 10.0 Å². The van der Waals surface area contributed by atoms with Crippen LogP contribution in [0.1, 0.15) is 49.8 Å². The van der Waals surface area contributed by atoms with Gasteiger partial charge in [0, 0.05) is 15.4 Å². The monoisotopic (exact) mass is 298 g/mol. The highest BCUT2D eigenvalue weighted by atomic mass is 32.2. The Bertz CT molecular complexity index is 383. The number of hydrogen-bond acceptors (Lipinski definition) is 4. The van der Waals surface area contributed by atoms with Gasteiger partial charge in [0.2, 0.25) is 10.0 Å². The molecule has 0 radical (unpaired) electrons. The Morgan fingerprint density at radius 2 is 1.95 bits per heavy atom. The van der Waals surface area contributed by atoms with E-state index < -0.39 is 21.7 Å². The molecule has 0 aromatic heterocycles. The predicted molar refractivity (Wildman–Crippen MR) is 79.8 cm³/mol. The van der Waals surface area contributed by atoms with Gasteiger partial charge >= 0.3 is 6.09 Å². The summed E-state index contributed by atoms with van der Waals surface area (Å²) in [7, 11) is -3.26. The van der Waals surface area contributed by atoms with Gasteiger partial charge in [-0.1, -0.05) is 19.8 Å². The van der Waals surface area contributed by atoms with Gasteiger partial charge in [-0.05, 0) is 27.2 Å². The summed E-state index contributed by atoms with van der Waals surface area (Å²) in [6, 6.07) is -0.260. The average Bonchev–Trinajstić information content (AvgIpc) is 2.18. The van der Waals surface area contributed by atoms with Crippen LogP contribution in [0, 0.1) is 0 Å². The topological polar surface area (TPSA) is 84.5 Å². The summed E-state index contributed by atoms with van der Waals surface area (Å²) in [5, 5.41) is 2.69. The second-order valence-corrected chi connectivity index (χ2v) is 7.44. The second-order valence-electron chi connectivity index (χ2n) is 5.61. The van der Waals surface area contributed by atoms with Crippen molar-refractivity contribution in [3.05, 3.63) is 0 Å². The minimum Gasteiger partial charge on any atom is -0.444 e. The molecular weight excluding hydrogens is 268 g/mol. The maximum Gasteiger partial charge on any atom is 0.407 e. The Kier molecular flexibility index (Phi) is 7.36. The molecular formula is C12H30N2O4S. The number of ether oxygens (including phenoxy) is 1. The van der Waals surface area contributed by atoms with Crippen molar-refractivity contribution in [3.63, 3.8) is 0 Å². The highest BCUT2D eigenvalue weighted by Crippen LogP contribution is 2.08. The van der Waals surface area contributed by atoms with Crippen molar-refractivity contribution in [2.45, 2.75) is 58.6 Å². The lowest BCUT2D eigenvalue weighted by Gasteiger charge is -2.23. The molecule has 0 aliphatic carbocycles. The first-order valence-corrected chi connectivity index (χ1v) is 8.37. The highest BCUT2D eigenvalue weighted by Gasteiger charge is 2.19. The lowest BCUT2D eigenvalue weighted by molar-refractivity contribution is 0.0502. The third-order valence-electron chi connectivity index (χ3n) is 2.22. The number of amides is 1. The Balaban J connectivity index is -0.00000162. The molecule has 19 heavy (non-hydrogen) atoms. The Morgan fingerprint density at radius 3 is 2.37 bits per heavy atom. The maximum atomic E-state index is 11.6. The number of unbranched alkanes of at least 4 members (excludes halogenated alkanes) is 1. The SMILES string of the molecule is CCCC[C@H](CNS(C)(=O)=O)NC(=O)OC(C)(C)C.[HH].[HH]. The van der Waals surface area contributed by atoms with Crippen molar-refractivity contribution in [1.82, 2.24) is 10.0 Å². The average molecular weight is 298 g/mol. The predicted octanol–water partition coefficient (Wildman–Crippen LogP) is 2.11. The van der Waals surface area contributed by atoms with Crippen molar-refractivity contribution < 1.29 is 20.8 Å². The van der Waals surface area contributed by atoms with E-state index in [1.165, 1.54) is 0 Å².